The maximum absolute atomic E-state index is 5.73. The fourth-order valence-electron chi connectivity index (χ4n) is 2.45. The first-order valence-corrected chi connectivity index (χ1v) is 6.02. The van der Waals surface area contributed by atoms with Gasteiger partial charge >= 0.3 is 0 Å². The van der Waals surface area contributed by atoms with E-state index in [0.717, 1.165) is 19.1 Å². The average Bonchev–Trinajstić information content (AvgIpc) is 2.28. The molecule has 0 heterocycles. The maximum Gasteiger partial charge on any atom is 0.0717 e. The van der Waals surface area contributed by atoms with Crippen LogP contribution in [-0.4, -0.2) is 19.2 Å². The molecule has 16 heavy (non-hydrogen) atoms. The lowest BCUT2D eigenvalue weighted by Gasteiger charge is -2.45. The number of benzene rings is 1. The van der Waals surface area contributed by atoms with Crippen molar-refractivity contribution in [1.29, 1.82) is 0 Å². The number of hydrogen-bond acceptors (Lipinski definition) is 2. The molecule has 1 N–H and O–H groups in total. The minimum Gasteiger partial charge on any atom is -0.376 e. The summed E-state index contributed by atoms with van der Waals surface area (Å²) in [6.45, 7) is 3.92. The average molecular weight is 219 g/mol. The quantitative estimate of drug-likeness (QED) is 0.822. The van der Waals surface area contributed by atoms with Crippen molar-refractivity contribution in [3.8, 4) is 0 Å². The zero-order chi connectivity index (χ0) is 11.4. The first-order valence-electron chi connectivity index (χ1n) is 6.02. The molecule has 1 fully saturated rings. The van der Waals surface area contributed by atoms with Gasteiger partial charge in [-0.2, -0.15) is 0 Å². The van der Waals surface area contributed by atoms with Crippen molar-refractivity contribution in [2.75, 3.05) is 13.7 Å². The largest absolute Gasteiger partial charge is 0.376 e. The molecule has 0 aromatic heterocycles. The highest BCUT2D eigenvalue weighted by molar-refractivity contribution is 5.13. The molecular formula is C14H21NO. The van der Waals surface area contributed by atoms with E-state index in [-0.39, 0.29) is 0 Å². The van der Waals surface area contributed by atoms with Crippen LogP contribution in [0.15, 0.2) is 30.3 Å². The number of rotatable bonds is 5. The second kappa shape index (κ2) is 4.98. The van der Waals surface area contributed by atoms with E-state index < -0.39 is 0 Å². The first kappa shape index (κ1) is 11.6. The van der Waals surface area contributed by atoms with Gasteiger partial charge in [0.05, 0.1) is 6.61 Å². The van der Waals surface area contributed by atoms with Crippen LogP contribution in [0.1, 0.15) is 25.3 Å². The molecular weight excluding hydrogens is 198 g/mol. The molecule has 2 nitrogen and oxygen atoms in total. The Morgan fingerprint density at radius 3 is 2.62 bits per heavy atom. The Morgan fingerprint density at radius 1 is 1.31 bits per heavy atom. The van der Waals surface area contributed by atoms with Crippen molar-refractivity contribution in [2.45, 2.75) is 31.9 Å². The number of hydrogen-bond donors (Lipinski definition) is 1. The number of nitrogens with one attached hydrogen (secondary N) is 1. The molecule has 1 aromatic rings. The Labute approximate surface area is 98.0 Å². The lowest BCUT2D eigenvalue weighted by molar-refractivity contribution is 0.0178. The molecule has 0 unspecified atom stereocenters. The van der Waals surface area contributed by atoms with Gasteiger partial charge in [-0.15, -0.1) is 0 Å². The van der Waals surface area contributed by atoms with Crippen LogP contribution < -0.4 is 5.32 Å². The van der Waals surface area contributed by atoms with E-state index in [9.17, 15) is 0 Å². The Kier molecular flexibility index (Phi) is 3.62. The predicted octanol–water partition coefficient (Wildman–Crippen LogP) is 2.59. The Balaban J connectivity index is 1.64. The Morgan fingerprint density at radius 2 is 2.00 bits per heavy atom. The molecule has 0 amide bonds. The SMILES string of the molecule is CNC1(C)CC(COCc2ccccc2)C1. The van der Waals surface area contributed by atoms with Crippen LogP contribution in [-0.2, 0) is 11.3 Å². The summed E-state index contributed by atoms with van der Waals surface area (Å²) < 4.78 is 5.73. The summed E-state index contributed by atoms with van der Waals surface area (Å²) in [4.78, 5) is 0. The molecule has 0 aliphatic heterocycles. The Hall–Kier alpha value is -0.860. The summed E-state index contributed by atoms with van der Waals surface area (Å²) in [5.74, 6) is 0.737. The van der Waals surface area contributed by atoms with Gasteiger partial charge in [0, 0.05) is 12.1 Å². The monoisotopic (exact) mass is 219 g/mol. The standard InChI is InChI=1S/C14H21NO/c1-14(15-2)8-13(9-14)11-16-10-12-6-4-3-5-7-12/h3-7,13,15H,8-11H2,1-2H3. The fraction of sp³-hybridized carbons (Fsp3) is 0.571. The summed E-state index contributed by atoms with van der Waals surface area (Å²) >= 11 is 0. The lowest BCUT2D eigenvalue weighted by atomic mass is 9.70. The van der Waals surface area contributed by atoms with Crippen LogP contribution in [0.2, 0.25) is 0 Å². The van der Waals surface area contributed by atoms with E-state index in [1.165, 1.54) is 18.4 Å². The minimum atomic E-state index is 0.362. The lowest BCUT2D eigenvalue weighted by Crippen LogP contribution is -2.52. The summed E-state index contributed by atoms with van der Waals surface area (Å²) in [7, 11) is 2.04. The van der Waals surface area contributed by atoms with Crippen LogP contribution in [0.4, 0.5) is 0 Å². The van der Waals surface area contributed by atoms with Gasteiger partial charge < -0.3 is 10.1 Å². The molecule has 0 atom stereocenters. The topological polar surface area (TPSA) is 21.3 Å². The molecule has 0 bridgehead atoms. The fourth-order valence-corrected chi connectivity index (χ4v) is 2.45. The van der Waals surface area contributed by atoms with Gasteiger partial charge in [-0.05, 0) is 38.3 Å². The van der Waals surface area contributed by atoms with E-state index in [1.807, 2.05) is 13.1 Å². The second-order valence-corrected chi connectivity index (χ2v) is 5.09. The molecule has 88 valence electrons. The van der Waals surface area contributed by atoms with Gasteiger partial charge in [0.2, 0.25) is 0 Å². The highest BCUT2D eigenvalue weighted by Gasteiger charge is 2.38. The highest BCUT2D eigenvalue weighted by Crippen LogP contribution is 2.37. The van der Waals surface area contributed by atoms with Crippen molar-refractivity contribution < 1.29 is 4.74 Å². The minimum absolute atomic E-state index is 0.362. The molecule has 0 spiro atoms. The van der Waals surface area contributed by atoms with Crippen molar-refractivity contribution >= 4 is 0 Å². The molecule has 2 rings (SSSR count). The normalized spacial score (nSPS) is 28.8. The van der Waals surface area contributed by atoms with E-state index in [4.69, 9.17) is 4.74 Å². The van der Waals surface area contributed by atoms with E-state index in [0.29, 0.717) is 5.54 Å². The van der Waals surface area contributed by atoms with Crippen molar-refractivity contribution in [2.24, 2.45) is 5.92 Å². The molecule has 0 radical (unpaired) electrons. The Bertz CT molecular complexity index is 317. The van der Waals surface area contributed by atoms with Crippen molar-refractivity contribution in [3.05, 3.63) is 35.9 Å². The zero-order valence-corrected chi connectivity index (χ0v) is 10.2. The van der Waals surface area contributed by atoms with Gasteiger partial charge in [0.25, 0.3) is 0 Å². The summed E-state index contributed by atoms with van der Waals surface area (Å²) in [5.41, 5.74) is 1.62. The van der Waals surface area contributed by atoms with Gasteiger partial charge in [0.15, 0.2) is 0 Å². The van der Waals surface area contributed by atoms with E-state index in [1.54, 1.807) is 0 Å². The molecule has 2 heteroatoms. The first-order chi connectivity index (χ1) is 7.72. The van der Waals surface area contributed by atoms with E-state index >= 15 is 0 Å². The molecule has 0 saturated heterocycles. The maximum atomic E-state index is 5.73. The third-order valence-corrected chi connectivity index (χ3v) is 3.55. The highest BCUT2D eigenvalue weighted by atomic mass is 16.5. The van der Waals surface area contributed by atoms with Crippen molar-refractivity contribution in [1.82, 2.24) is 5.32 Å². The third kappa shape index (κ3) is 2.83. The van der Waals surface area contributed by atoms with E-state index in [2.05, 4.69) is 36.5 Å². The van der Waals surface area contributed by atoms with Crippen LogP contribution in [0, 0.1) is 5.92 Å². The van der Waals surface area contributed by atoms with Crippen LogP contribution >= 0.6 is 0 Å². The van der Waals surface area contributed by atoms with Gasteiger partial charge in [-0.1, -0.05) is 30.3 Å². The van der Waals surface area contributed by atoms with Gasteiger partial charge in [-0.3, -0.25) is 0 Å². The number of ether oxygens (including phenoxy) is 1. The summed E-state index contributed by atoms with van der Waals surface area (Å²) in [6, 6.07) is 10.4. The third-order valence-electron chi connectivity index (χ3n) is 3.55. The second-order valence-electron chi connectivity index (χ2n) is 5.09. The van der Waals surface area contributed by atoms with Crippen molar-refractivity contribution in [3.63, 3.8) is 0 Å². The molecule has 1 aliphatic carbocycles. The molecule has 1 saturated carbocycles. The van der Waals surface area contributed by atoms with Crippen LogP contribution in [0.3, 0.4) is 0 Å². The van der Waals surface area contributed by atoms with Crippen LogP contribution in [0.25, 0.3) is 0 Å². The van der Waals surface area contributed by atoms with Gasteiger partial charge in [-0.25, -0.2) is 0 Å². The summed E-state index contributed by atoms with van der Waals surface area (Å²) in [5, 5.41) is 3.36. The molecule has 1 aliphatic rings. The smallest absolute Gasteiger partial charge is 0.0717 e. The predicted molar refractivity (Wildman–Crippen MR) is 66.3 cm³/mol. The zero-order valence-electron chi connectivity index (χ0n) is 10.2. The van der Waals surface area contributed by atoms with Crippen LogP contribution in [0.5, 0.6) is 0 Å². The molecule has 1 aromatic carbocycles. The van der Waals surface area contributed by atoms with Gasteiger partial charge in [0.1, 0.15) is 0 Å². The summed E-state index contributed by atoms with van der Waals surface area (Å²) in [6.07, 6.45) is 2.47.